The number of rotatable bonds is 8. The molecule has 0 aliphatic heterocycles. The average Bonchev–Trinajstić information content (AvgIpc) is 2.65. The molecule has 2 unspecified atom stereocenters. The van der Waals surface area contributed by atoms with Gasteiger partial charge in [-0.05, 0) is 81.6 Å². The van der Waals surface area contributed by atoms with E-state index in [4.69, 9.17) is 20.9 Å². The van der Waals surface area contributed by atoms with E-state index < -0.39 is 27.9 Å². The molecule has 0 aliphatic rings. The van der Waals surface area contributed by atoms with Gasteiger partial charge in [0.05, 0.1) is 5.41 Å². The second kappa shape index (κ2) is 16.2. The first kappa shape index (κ1) is 40.5. The Labute approximate surface area is 220 Å². The van der Waals surface area contributed by atoms with Crippen LogP contribution in [0.3, 0.4) is 0 Å². The first-order valence-corrected chi connectivity index (χ1v) is 11.7. The van der Waals surface area contributed by atoms with Crippen molar-refractivity contribution >= 4 is 23.8 Å². The lowest BCUT2D eigenvalue weighted by Gasteiger charge is -2.36. The zero-order valence-corrected chi connectivity index (χ0v) is 24.1. The van der Waals surface area contributed by atoms with Crippen molar-refractivity contribution in [1.82, 2.24) is 0 Å². The fourth-order valence-corrected chi connectivity index (χ4v) is 2.36. The summed E-state index contributed by atoms with van der Waals surface area (Å²) in [5, 5.41) is 0. The van der Waals surface area contributed by atoms with E-state index in [0.717, 1.165) is 0 Å². The zero-order chi connectivity index (χ0) is 29.0. The first-order valence-electron chi connectivity index (χ1n) is 11.7. The molecular formula is C28H54N2O6. The molecule has 0 saturated carbocycles. The molecule has 0 radical (unpaired) electrons. The monoisotopic (exact) mass is 514 g/mol. The lowest BCUT2D eigenvalue weighted by Crippen LogP contribution is -2.43. The topological polar surface area (TPSA) is 139 Å². The summed E-state index contributed by atoms with van der Waals surface area (Å²) < 4.78 is 10.4. The van der Waals surface area contributed by atoms with Crippen LogP contribution in [-0.4, -0.2) is 35.0 Å². The molecule has 0 spiro atoms. The Bertz CT molecular complexity index is 762. The Morgan fingerprint density at radius 2 is 1.03 bits per heavy atom. The lowest BCUT2D eigenvalue weighted by atomic mass is 9.69. The molecule has 0 rings (SSSR count). The van der Waals surface area contributed by atoms with Crippen LogP contribution in [0.1, 0.15) is 110 Å². The lowest BCUT2D eigenvalue weighted by molar-refractivity contribution is -0.169. The zero-order valence-electron chi connectivity index (χ0n) is 24.1. The summed E-state index contributed by atoms with van der Waals surface area (Å²) in [5.74, 6) is -1.39. The van der Waals surface area contributed by atoms with Crippen molar-refractivity contribution in [2.45, 2.75) is 121 Å². The van der Waals surface area contributed by atoms with E-state index in [1.54, 1.807) is 13.8 Å². The summed E-state index contributed by atoms with van der Waals surface area (Å²) in [6, 6.07) is 0. The molecule has 0 aromatic carbocycles. The number of esters is 2. The van der Waals surface area contributed by atoms with E-state index in [0.29, 0.717) is 30.4 Å². The Kier molecular flexibility index (Phi) is 18.2. The number of primary amides is 2. The Morgan fingerprint density at radius 3 is 1.19 bits per heavy atom. The van der Waals surface area contributed by atoms with Crippen LogP contribution in [0, 0.1) is 10.8 Å². The van der Waals surface area contributed by atoms with Crippen molar-refractivity contribution < 1.29 is 28.7 Å². The maximum Gasteiger partial charge on any atom is 0.333 e. The number of amides is 2. The molecule has 0 heterocycles. The van der Waals surface area contributed by atoms with Gasteiger partial charge in [-0.3, -0.25) is 14.4 Å². The number of nitrogens with two attached hydrogens (primary N) is 2. The maximum absolute atomic E-state index is 12.4. The summed E-state index contributed by atoms with van der Waals surface area (Å²) in [6.07, 6.45) is 1.64. The summed E-state index contributed by atoms with van der Waals surface area (Å²) in [6.45, 7) is 28.5. The van der Waals surface area contributed by atoms with Gasteiger partial charge in [0.15, 0.2) is 0 Å². The van der Waals surface area contributed by atoms with Gasteiger partial charge in [0.1, 0.15) is 11.2 Å². The highest BCUT2D eigenvalue weighted by Crippen LogP contribution is 2.40. The van der Waals surface area contributed by atoms with Gasteiger partial charge in [0, 0.05) is 16.6 Å². The van der Waals surface area contributed by atoms with Crippen LogP contribution in [0.5, 0.6) is 0 Å². The standard InChI is InChI=1S/C15H29NO3.C8H14O2.C4H7NO.CH4/c1-8-14(6,11(16)17)10-15(7,9-2)12(18)19-13(3,4)5;1-6(2)7(9)10-8(3,4)5;1-3(2)4(5)6;/h8-10H2,1-7H3,(H2,16,17);1H2,2-5H3;1H2,2H3,(H2,5,6);1H4. The molecule has 8 nitrogen and oxygen atoms in total. The Hall–Kier alpha value is -2.64. The molecule has 0 bridgehead atoms. The predicted molar refractivity (Wildman–Crippen MR) is 148 cm³/mol. The van der Waals surface area contributed by atoms with Crippen LogP contribution in [0.2, 0.25) is 0 Å². The van der Waals surface area contributed by atoms with Crippen molar-refractivity contribution in [3.8, 4) is 0 Å². The second-order valence-electron chi connectivity index (χ2n) is 11.3. The fourth-order valence-electron chi connectivity index (χ4n) is 2.36. The SMILES string of the molecule is C.C=C(C)C(=O)OC(C)(C)C.C=C(C)C(N)=O.CCC(C)(CC(C)(CC)C(=O)OC(C)(C)C)C(N)=O. The van der Waals surface area contributed by atoms with Crippen LogP contribution < -0.4 is 11.5 Å². The number of carbonyl (C=O) groups is 4. The number of ether oxygens (including phenoxy) is 2. The highest BCUT2D eigenvalue weighted by atomic mass is 16.6. The summed E-state index contributed by atoms with van der Waals surface area (Å²) in [7, 11) is 0. The van der Waals surface area contributed by atoms with Gasteiger partial charge in [-0.1, -0.05) is 41.4 Å². The van der Waals surface area contributed by atoms with Crippen LogP contribution >= 0.6 is 0 Å². The molecule has 212 valence electrons. The second-order valence-corrected chi connectivity index (χ2v) is 11.3. The average molecular weight is 515 g/mol. The van der Waals surface area contributed by atoms with Crippen LogP contribution in [0.25, 0.3) is 0 Å². The van der Waals surface area contributed by atoms with Gasteiger partial charge >= 0.3 is 11.9 Å². The van der Waals surface area contributed by atoms with Crippen LogP contribution in [0.4, 0.5) is 0 Å². The molecule has 0 fully saturated rings. The number of hydrogen-bond acceptors (Lipinski definition) is 6. The van der Waals surface area contributed by atoms with E-state index in [1.807, 2.05) is 69.2 Å². The first-order chi connectivity index (χ1) is 15.4. The van der Waals surface area contributed by atoms with Gasteiger partial charge in [-0.15, -0.1) is 0 Å². The number of hydrogen-bond donors (Lipinski definition) is 2. The molecule has 0 saturated heterocycles. The maximum atomic E-state index is 12.4. The van der Waals surface area contributed by atoms with E-state index >= 15 is 0 Å². The minimum absolute atomic E-state index is 0. The molecule has 0 aromatic heterocycles. The molecular weight excluding hydrogens is 460 g/mol. The van der Waals surface area contributed by atoms with E-state index in [9.17, 15) is 19.2 Å². The van der Waals surface area contributed by atoms with E-state index in [-0.39, 0.29) is 25.3 Å². The van der Waals surface area contributed by atoms with Crippen molar-refractivity contribution in [1.29, 1.82) is 0 Å². The van der Waals surface area contributed by atoms with Gasteiger partial charge in [0.2, 0.25) is 11.8 Å². The van der Waals surface area contributed by atoms with Gasteiger partial charge in [-0.25, -0.2) is 4.79 Å². The third-order valence-electron chi connectivity index (χ3n) is 5.00. The molecule has 0 aromatic rings. The molecule has 2 atom stereocenters. The van der Waals surface area contributed by atoms with Crippen LogP contribution in [0.15, 0.2) is 24.3 Å². The molecule has 0 aliphatic carbocycles. The number of carbonyl (C=O) groups excluding carboxylic acids is 4. The van der Waals surface area contributed by atoms with Gasteiger partial charge in [-0.2, -0.15) is 0 Å². The summed E-state index contributed by atoms with van der Waals surface area (Å²) in [5.41, 5.74) is 8.72. The largest absolute Gasteiger partial charge is 0.460 e. The van der Waals surface area contributed by atoms with Crippen molar-refractivity contribution in [3.63, 3.8) is 0 Å². The van der Waals surface area contributed by atoms with Crippen LogP contribution in [-0.2, 0) is 28.7 Å². The molecule has 2 amide bonds. The quantitative estimate of drug-likeness (QED) is 0.318. The highest BCUT2D eigenvalue weighted by Gasteiger charge is 2.43. The van der Waals surface area contributed by atoms with Gasteiger partial charge in [0.25, 0.3) is 0 Å². The summed E-state index contributed by atoms with van der Waals surface area (Å²) in [4.78, 5) is 44.6. The van der Waals surface area contributed by atoms with E-state index in [2.05, 4.69) is 13.2 Å². The van der Waals surface area contributed by atoms with Crippen molar-refractivity contribution in [3.05, 3.63) is 24.3 Å². The summed E-state index contributed by atoms with van der Waals surface area (Å²) >= 11 is 0. The normalized spacial score (nSPS) is 13.9. The van der Waals surface area contributed by atoms with Gasteiger partial charge < -0.3 is 20.9 Å². The fraction of sp³-hybridized carbons (Fsp3) is 0.714. The minimum atomic E-state index is -0.687. The highest BCUT2D eigenvalue weighted by molar-refractivity contribution is 5.90. The van der Waals surface area contributed by atoms with Crippen molar-refractivity contribution in [2.24, 2.45) is 22.3 Å². The third kappa shape index (κ3) is 18.7. The molecule has 4 N–H and O–H groups in total. The Morgan fingerprint density at radius 1 is 0.694 bits per heavy atom. The molecule has 36 heavy (non-hydrogen) atoms. The predicted octanol–water partition coefficient (Wildman–Crippen LogP) is 5.62. The smallest absolute Gasteiger partial charge is 0.333 e. The molecule has 8 heteroatoms. The minimum Gasteiger partial charge on any atom is -0.460 e. The van der Waals surface area contributed by atoms with Crippen molar-refractivity contribution in [2.75, 3.05) is 0 Å². The third-order valence-corrected chi connectivity index (χ3v) is 5.00. The Balaban J connectivity index is -0.000000251. The van der Waals surface area contributed by atoms with E-state index in [1.165, 1.54) is 0 Å².